The Morgan fingerprint density at radius 1 is 1.25 bits per heavy atom. The molecular formula is C15H13ClN3S+. The van der Waals surface area contributed by atoms with Gasteiger partial charge in [0.1, 0.15) is 0 Å². The van der Waals surface area contributed by atoms with E-state index in [0.29, 0.717) is 17.3 Å². The van der Waals surface area contributed by atoms with Crippen LogP contribution < -0.4 is 10.4 Å². The van der Waals surface area contributed by atoms with Crippen LogP contribution in [0.2, 0.25) is 0 Å². The van der Waals surface area contributed by atoms with Gasteiger partial charge in [-0.2, -0.15) is 9.93 Å². The van der Waals surface area contributed by atoms with Crippen molar-refractivity contribution in [3.8, 4) is 6.07 Å². The van der Waals surface area contributed by atoms with Gasteiger partial charge < -0.3 is 0 Å². The minimum Gasteiger partial charge on any atom is -0.267 e. The van der Waals surface area contributed by atoms with Crippen LogP contribution in [0.4, 0.5) is 0 Å². The molecule has 2 rings (SSSR count). The molecule has 0 aliphatic carbocycles. The van der Waals surface area contributed by atoms with Crippen molar-refractivity contribution < 1.29 is 0 Å². The van der Waals surface area contributed by atoms with Crippen molar-refractivity contribution in [3.63, 3.8) is 0 Å². The van der Waals surface area contributed by atoms with Gasteiger partial charge in [-0.25, -0.2) is 0 Å². The molecule has 2 aromatic rings. The van der Waals surface area contributed by atoms with Crippen molar-refractivity contribution in [3.05, 3.63) is 47.5 Å². The summed E-state index contributed by atoms with van der Waals surface area (Å²) in [6.45, 7) is 0. The minimum atomic E-state index is 0.415. The second-order valence-corrected chi connectivity index (χ2v) is 5.31. The van der Waals surface area contributed by atoms with Crippen molar-refractivity contribution >= 4 is 45.0 Å². The zero-order valence-electron chi connectivity index (χ0n) is 10.7. The van der Waals surface area contributed by atoms with Gasteiger partial charge in [0.25, 0.3) is 5.67 Å². The van der Waals surface area contributed by atoms with E-state index in [1.54, 1.807) is 0 Å². The van der Waals surface area contributed by atoms with Crippen LogP contribution in [0, 0.1) is 11.3 Å². The molecule has 100 valence electrons. The van der Waals surface area contributed by atoms with E-state index in [9.17, 15) is 0 Å². The molecule has 3 nitrogen and oxygen atoms in total. The molecule has 5 heteroatoms. The quantitative estimate of drug-likeness (QED) is 0.539. The maximum atomic E-state index is 8.88. The van der Waals surface area contributed by atoms with Gasteiger partial charge in [0.2, 0.25) is 0 Å². The molecule has 0 saturated heterocycles. The molecule has 0 atom stereocenters. The van der Waals surface area contributed by atoms with E-state index in [1.807, 2.05) is 30.3 Å². The summed E-state index contributed by atoms with van der Waals surface area (Å²) in [5.74, 6) is 0.716. The molecule has 0 aromatic heterocycles. The Bertz CT molecular complexity index is 727. The van der Waals surface area contributed by atoms with Crippen LogP contribution in [0.5, 0.6) is 0 Å². The lowest BCUT2D eigenvalue weighted by Gasteiger charge is -2.08. The average Bonchev–Trinajstić information content (AvgIpc) is 2.47. The van der Waals surface area contributed by atoms with E-state index in [2.05, 4.69) is 16.8 Å². The summed E-state index contributed by atoms with van der Waals surface area (Å²) in [6.07, 6.45) is 0.415. The fourth-order valence-electron chi connectivity index (χ4n) is 2.03. The number of amidine groups is 1. The van der Waals surface area contributed by atoms with E-state index in [1.165, 1.54) is 17.3 Å². The third-order valence-corrected chi connectivity index (χ3v) is 3.88. The first-order valence-electron chi connectivity index (χ1n) is 6.00. The van der Waals surface area contributed by atoms with Crippen LogP contribution >= 0.6 is 23.4 Å². The first-order chi connectivity index (χ1) is 9.76. The third-order valence-electron chi connectivity index (χ3n) is 2.93. The summed E-state index contributed by atoms with van der Waals surface area (Å²) in [4.78, 5) is 0. The number of nitriles is 1. The lowest BCUT2D eigenvalue weighted by atomic mass is 9.99. The smallest absolute Gasteiger partial charge is 0.267 e. The van der Waals surface area contributed by atoms with Crippen LogP contribution in [0.25, 0.3) is 10.8 Å². The Kier molecular flexibility index (Phi) is 5.09. The van der Waals surface area contributed by atoms with E-state index in [4.69, 9.17) is 22.6 Å². The molecule has 0 fully saturated rings. The largest absolute Gasteiger partial charge is 0.403 e. The van der Waals surface area contributed by atoms with E-state index >= 15 is 0 Å². The van der Waals surface area contributed by atoms with Crippen molar-refractivity contribution in [2.24, 2.45) is 5.73 Å². The van der Waals surface area contributed by atoms with Crippen molar-refractivity contribution in [1.82, 2.24) is 4.67 Å². The SMILES string of the molecule is N#CCc1ccc(CSC(N)=[N+]=CCl)c2ccccc12. The maximum Gasteiger partial charge on any atom is 0.403 e. The van der Waals surface area contributed by atoms with Gasteiger partial charge in [-0.15, -0.1) is 0 Å². The van der Waals surface area contributed by atoms with Crippen molar-refractivity contribution in [2.75, 3.05) is 0 Å². The molecule has 0 radical (unpaired) electrons. The standard InChI is InChI=1S/C15H12ClN3S/c16-10-19-15(18)20-9-12-6-5-11(7-8-17)13-3-1-2-4-14(12)13/h1-6,10,18H,7,9H2/p+1. The molecule has 2 N–H and O–H groups in total. The first kappa shape index (κ1) is 14.5. The second-order valence-electron chi connectivity index (χ2n) is 4.12. The van der Waals surface area contributed by atoms with Gasteiger partial charge in [-0.05, 0) is 45.3 Å². The van der Waals surface area contributed by atoms with Gasteiger partial charge >= 0.3 is 5.17 Å². The van der Waals surface area contributed by atoms with Gasteiger partial charge in [0.05, 0.1) is 12.5 Å². The van der Waals surface area contributed by atoms with Gasteiger partial charge in [-0.1, -0.05) is 36.4 Å². The summed E-state index contributed by atoms with van der Waals surface area (Å²) < 4.78 is 3.82. The summed E-state index contributed by atoms with van der Waals surface area (Å²) in [7, 11) is 0. The third kappa shape index (κ3) is 3.34. The number of hydrogen-bond acceptors (Lipinski definition) is 2. The lowest BCUT2D eigenvalue weighted by Crippen LogP contribution is -2.10. The number of benzene rings is 2. The molecule has 2 aromatic carbocycles. The highest BCUT2D eigenvalue weighted by atomic mass is 35.5. The van der Waals surface area contributed by atoms with E-state index in [-0.39, 0.29) is 0 Å². The molecule has 0 spiro atoms. The summed E-state index contributed by atoms with van der Waals surface area (Å²) >= 11 is 6.83. The highest BCUT2D eigenvalue weighted by Gasteiger charge is 2.08. The number of fused-ring (bicyclic) bond motifs is 1. The predicted molar refractivity (Wildman–Crippen MR) is 87.8 cm³/mol. The fourth-order valence-corrected chi connectivity index (χ4v) is 2.87. The molecular weight excluding hydrogens is 290 g/mol. The van der Waals surface area contributed by atoms with Crippen LogP contribution in [0.1, 0.15) is 11.1 Å². The molecule has 0 heterocycles. The molecule has 0 bridgehead atoms. The Morgan fingerprint density at radius 2 is 1.90 bits per heavy atom. The highest BCUT2D eigenvalue weighted by Crippen LogP contribution is 2.26. The number of thioether (sulfide) groups is 1. The monoisotopic (exact) mass is 302 g/mol. The van der Waals surface area contributed by atoms with Crippen molar-refractivity contribution in [1.29, 1.82) is 5.26 Å². The molecule has 0 saturated carbocycles. The first-order valence-corrected chi connectivity index (χ1v) is 7.43. The Hall–Kier alpha value is -1.92. The maximum absolute atomic E-state index is 8.88. The average molecular weight is 303 g/mol. The van der Waals surface area contributed by atoms with E-state index in [0.717, 1.165) is 22.0 Å². The zero-order valence-corrected chi connectivity index (χ0v) is 12.3. The van der Waals surface area contributed by atoms with Crippen LogP contribution in [-0.4, -0.2) is 10.8 Å². The Morgan fingerprint density at radius 3 is 2.55 bits per heavy atom. The molecule has 0 aliphatic heterocycles. The van der Waals surface area contributed by atoms with Crippen LogP contribution in [-0.2, 0) is 12.2 Å². The molecule has 0 aliphatic rings. The molecule has 20 heavy (non-hydrogen) atoms. The van der Waals surface area contributed by atoms with Crippen LogP contribution in [0.15, 0.2) is 36.4 Å². The Balaban J connectivity index is 2.38. The van der Waals surface area contributed by atoms with E-state index < -0.39 is 0 Å². The summed E-state index contributed by atoms with van der Waals surface area (Å²) in [5.41, 5.74) is 9.09. The molecule has 0 amide bonds. The predicted octanol–water partition coefficient (Wildman–Crippen LogP) is 2.79. The molecule has 0 unspecified atom stereocenters. The number of rotatable bonds is 3. The summed E-state index contributed by atoms with van der Waals surface area (Å²) in [6, 6.07) is 14.3. The topological polar surface area (TPSA) is 63.9 Å². The van der Waals surface area contributed by atoms with Gasteiger partial charge in [0.15, 0.2) is 0 Å². The second kappa shape index (κ2) is 7.02. The van der Waals surface area contributed by atoms with Gasteiger partial charge in [0, 0.05) is 5.75 Å². The number of nitrogens with two attached hydrogens (primary N) is 1. The van der Waals surface area contributed by atoms with Crippen molar-refractivity contribution in [2.45, 2.75) is 12.2 Å². The number of halogens is 1. The normalized spacial score (nSPS) is 9.80. The summed E-state index contributed by atoms with van der Waals surface area (Å²) in [5, 5.41) is 11.6. The number of nitrogens with zero attached hydrogens (tertiary/aromatic N) is 2. The Labute approximate surface area is 126 Å². The van der Waals surface area contributed by atoms with Gasteiger partial charge in [-0.3, -0.25) is 5.73 Å². The minimum absolute atomic E-state index is 0.415. The lowest BCUT2D eigenvalue weighted by molar-refractivity contribution is 1.28. The van der Waals surface area contributed by atoms with Crippen LogP contribution in [0.3, 0.4) is 0 Å². The zero-order chi connectivity index (χ0) is 14.4. The number of hydrogen-bond donors (Lipinski definition) is 1. The fraction of sp³-hybridized carbons (Fsp3) is 0.133. The highest BCUT2D eigenvalue weighted by molar-refractivity contribution is 8.13.